The van der Waals surface area contributed by atoms with Gasteiger partial charge in [-0.25, -0.2) is 14.6 Å². The molecule has 0 atom stereocenters. The summed E-state index contributed by atoms with van der Waals surface area (Å²) < 4.78 is 36.8. The van der Waals surface area contributed by atoms with Crippen molar-refractivity contribution in [2.45, 2.75) is 6.61 Å². The maximum atomic E-state index is 13.5. The SMILES string of the molecule is NNC(=O)c1ccoc1COc1c(F)cc(F)cc1Br. The molecular weight excluding hydrogens is 338 g/mol. The first-order valence-electron chi connectivity index (χ1n) is 5.37. The van der Waals surface area contributed by atoms with Crippen LogP contribution in [0.4, 0.5) is 8.78 Å². The highest BCUT2D eigenvalue weighted by atomic mass is 79.9. The third-order valence-electron chi connectivity index (χ3n) is 2.43. The second-order valence-electron chi connectivity index (χ2n) is 3.72. The fraction of sp³-hybridized carbons (Fsp3) is 0.0833. The Labute approximate surface area is 120 Å². The van der Waals surface area contributed by atoms with Crippen LogP contribution in [0.5, 0.6) is 5.75 Å². The molecule has 1 heterocycles. The number of halogens is 3. The minimum Gasteiger partial charge on any atom is -0.481 e. The van der Waals surface area contributed by atoms with Crippen molar-refractivity contribution >= 4 is 21.8 Å². The lowest BCUT2D eigenvalue weighted by atomic mass is 10.2. The molecule has 0 unspecified atom stereocenters. The molecule has 2 rings (SSSR count). The number of nitrogens with one attached hydrogen (secondary N) is 1. The number of nitrogens with two attached hydrogens (primary N) is 1. The number of amides is 1. The highest BCUT2D eigenvalue weighted by Gasteiger charge is 2.16. The Hall–Kier alpha value is -1.93. The Kier molecular flexibility index (Phi) is 4.35. The molecule has 0 spiro atoms. The van der Waals surface area contributed by atoms with Crippen molar-refractivity contribution in [3.8, 4) is 5.75 Å². The Morgan fingerprint density at radius 3 is 2.85 bits per heavy atom. The van der Waals surface area contributed by atoms with E-state index < -0.39 is 17.5 Å². The smallest absolute Gasteiger partial charge is 0.268 e. The van der Waals surface area contributed by atoms with Crippen LogP contribution in [0.2, 0.25) is 0 Å². The van der Waals surface area contributed by atoms with Crippen LogP contribution in [0.15, 0.2) is 33.4 Å². The highest BCUT2D eigenvalue weighted by molar-refractivity contribution is 9.10. The minimum absolute atomic E-state index is 0.117. The van der Waals surface area contributed by atoms with Crippen molar-refractivity contribution in [2.75, 3.05) is 0 Å². The lowest BCUT2D eigenvalue weighted by Crippen LogP contribution is -2.30. The molecule has 0 bridgehead atoms. The van der Waals surface area contributed by atoms with E-state index in [4.69, 9.17) is 15.0 Å². The summed E-state index contributed by atoms with van der Waals surface area (Å²) in [6.45, 7) is -0.211. The van der Waals surface area contributed by atoms with Gasteiger partial charge in [-0.05, 0) is 28.1 Å². The van der Waals surface area contributed by atoms with Gasteiger partial charge in [0.05, 0.1) is 16.3 Å². The summed E-state index contributed by atoms with van der Waals surface area (Å²) in [5.74, 6) is 2.84. The third-order valence-corrected chi connectivity index (χ3v) is 3.02. The average molecular weight is 347 g/mol. The van der Waals surface area contributed by atoms with Crippen molar-refractivity contribution in [2.24, 2.45) is 5.84 Å². The lowest BCUT2D eigenvalue weighted by Gasteiger charge is -2.09. The van der Waals surface area contributed by atoms with Gasteiger partial charge in [-0.3, -0.25) is 10.2 Å². The number of ether oxygens (including phenoxy) is 1. The molecule has 0 radical (unpaired) electrons. The van der Waals surface area contributed by atoms with Crippen molar-refractivity contribution in [1.29, 1.82) is 0 Å². The van der Waals surface area contributed by atoms with Crippen LogP contribution in [-0.2, 0) is 6.61 Å². The van der Waals surface area contributed by atoms with Crippen molar-refractivity contribution < 1.29 is 22.7 Å². The molecule has 1 amide bonds. The Bertz CT molecular complexity index is 622. The van der Waals surface area contributed by atoms with Crippen LogP contribution in [-0.4, -0.2) is 5.91 Å². The number of furan rings is 1. The molecule has 0 saturated carbocycles. The summed E-state index contributed by atoms with van der Waals surface area (Å²) in [4.78, 5) is 11.4. The largest absolute Gasteiger partial charge is 0.481 e. The monoisotopic (exact) mass is 346 g/mol. The fourth-order valence-corrected chi connectivity index (χ4v) is 2.06. The van der Waals surface area contributed by atoms with E-state index in [-0.39, 0.29) is 28.2 Å². The second-order valence-corrected chi connectivity index (χ2v) is 4.57. The summed E-state index contributed by atoms with van der Waals surface area (Å²) in [5, 5.41) is 0. The number of hydrogen-bond acceptors (Lipinski definition) is 4. The topological polar surface area (TPSA) is 77.5 Å². The molecule has 0 aliphatic heterocycles. The minimum atomic E-state index is -0.867. The summed E-state index contributed by atoms with van der Waals surface area (Å²) in [7, 11) is 0. The molecule has 8 heteroatoms. The van der Waals surface area contributed by atoms with Gasteiger partial charge in [-0.2, -0.15) is 0 Å². The van der Waals surface area contributed by atoms with Crippen molar-refractivity contribution in [3.63, 3.8) is 0 Å². The number of rotatable bonds is 4. The van der Waals surface area contributed by atoms with Crippen LogP contribution in [0, 0.1) is 11.6 Å². The molecule has 0 fully saturated rings. The average Bonchev–Trinajstić information content (AvgIpc) is 2.85. The van der Waals surface area contributed by atoms with Crippen LogP contribution in [0.1, 0.15) is 16.1 Å². The predicted molar refractivity (Wildman–Crippen MR) is 68.8 cm³/mol. The number of hydrogen-bond donors (Lipinski definition) is 2. The molecule has 5 nitrogen and oxygen atoms in total. The standard InChI is InChI=1S/C12H9BrF2N2O3/c13-8-3-6(14)4-9(15)11(8)20-5-10-7(1-2-19-10)12(18)17-16/h1-4H,5,16H2,(H,17,18). The maximum absolute atomic E-state index is 13.5. The van der Waals surface area contributed by atoms with E-state index in [2.05, 4.69) is 15.9 Å². The van der Waals surface area contributed by atoms with Crippen LogP contribution < -0.4 is 16.0 Å². The van der Waals surface area contributed by atoms with E-state index in [0.29, 0.717) is 6.07 Å². The number of benzene rings is 1. The zero-order chi connectivity index (χ0) is 14.7. The Morgan fingerprint density at radius 2 is 2.20 bits per heavy atom. The van der Waals surface area contributed by atoms with Crippen LogP contribution >= 0.6 is 15.9 Å². The van der Waals surface area contributed by atoms with E-state index >= 15 is 0 Å². The third kappa shape index (κ3) is 2.97. The summed E-state index contributed by atoms with van der Waals surface area (Å²) in [6.07, 6.45) is 1.28. The van der Waals surface area contributed by atoms with Gasteiger partial charge in [-0.1, -0.05) is 0 Å². The fourth-order valence-electron chi connectivity index (χ4n) is 1.54. The summed E-state index contributed by atoms with van der Waals surface area (Å²) in [6, 6.07) is 3.15. The first-order chi connectivity index (χ1) is 9.52. The molecule has 1 aromatic heterocycles. The number of carbonyl (C=O) groups is 1. The van der Waals surface area contributed by atoms with Gasteiger partial charge in [0.1, 0.15) is 12.4 Å². The van der Waals surface area contributed by atoms with Crippen LogP contribution in [0.25, 0.3) is 0 Å². The van der Waals surface area contributed by atoms with Gasteiger partial charge >= 0.3 is 0 Å². The van der Waals surface area contributed by atoms with Gasteiger partial charge in [0.25, 0.3) is 5.91 Å². The highest BCUT2D eigenvalue weighted by Crippen LogP contribution is 2.30. The van der Waals surface area contributed by atoms with Gasteiger partial charge in [0.15, 0.2) is 17.3 Å². The van der Waals surface area contributed by atoms with Gasteiger partial charge in [-0.15, -0.1) is 0 Å². The number of hydrazine groups is 1. The predicted octanol–water partition coefficient (Wildman–Crippen LogP) is 2.50. The number of carbonyl (C=O) groups excluding carboxylic acids is 1. The van der Waals surface area contributed by atoms with Gasteiger partial charge < -0.3 is 9.15 Å². The van der Waals surface area contributed by atoms with E-state index in [1.54, 1.807) is 0 Å². The zero-order valence-electron chi connectivity index (χ0n) is 9.95. The molecule has 20 heavy (non-hydrogen) atoms. The summed E-state index contributed by atoms with van der Waals surface area (Å²) in [5.41, 5.74) is 2.12. The Balaban J connectivity index is 2.18. The molecule has 0 aliphatic rings. The van der Waals surface area contributed by atoms with E-state index in [1.807, 2.05) is 5.43 Å². The normalized spacial score (nSPS) is 10.4. The molecule has 2 aromatic rings. The van der Waals surface area contributed by atoms with Gasteiger partial charge in [0.2, 0.25) is 0 Å². The quantitative estimate of drug-likeness (QED) is 0.506. The molecule has 1 aromatic carbocycles. The van der Waals surface area contributed by atoms with E-state index in [0.717, 1.165) is 6.07 Å². The first-order valence-corrected chi connectivity index (χ1v) is 6.17. The number of nitrogen functional groups attached to an aromatic ring is 1. The van der Waals surface area contributed by atoms with Crippen molar-refractivity contribution in [3.05, 3.63) is 51.9 Å². The maximum Gasteiger partial charge on any atom is 0.268 e. The van der Waals surface area contributed by atoms with E-state index in [9.17, 15) is 13.6 Å². The second kappa shape index (κ2) is 6.02. The zero-order valence-corrected chi connectivity index (χ0v) is 11.5. The van der Waals surface area contributed by atoms with Crippen molar-refractivity contribution in [1.82, 2.24) is 5.43 Å². The lowest BCUT2D eigenvalue weighted by molar-refractivity contribution is 0.0949. The molecule has 0 saturated heterocycles. The Morgan fingerprint density at radius 1 is 1.45 bits per heavy atom. The molecule has 106 valence electrons. The molecular formula is C12H9BrF2N2O3. The molecule has 0 aliphatic carbocycles. The first kappa shape index (κ1) is 14.5. The van der Waals surface area contributed by atoms with Gasteiger partial charge in [0, 0.05) is 6.07 Å². The van der Waals surface area contributed by atoms with E-state index in [1.165, 1.54) is 12.3 Å². The summed E-state index contributed by atoms with van der Waals surface area (Å²) >= 11 is 2.99. The van der Waals surface area contributed by atoms with Crippen LogP contribution in [0.3, 0.4) is 0 Å². The molecule has 3 N–H and O–H groups in total.